The molecule has 1 aliphatic heterocycles. The van der Waals surface area contributed by atoms with Crippen molar-refractivity contribution in [3.63, 3.8) is 0 Å². The van der Waals surface area contributed by atoms with E-state index in [9.17, 15) is 4.79 Å². The lowest BCUT2D eigenvalue weighted by Crippen LogP contribution is -2.45. The van der Waals surface area contributed by atoms with Crippen molar-refractivity contribution >= 4 is 5.91 Å². The van der Waals surface area contributed by atoms with Crippen LogP contribution in [0.15, 0.2) is 0 Å². The Kier molecular flexibility index (Phi) is 7.23. The van der Waals surface area contributed by atoms with E-state index in [4.69, 9.17) is 4.74 Å². The predicted molar refractivity (Wildman–Crippen MR) is 72.7 cm³/mol. The van der Waals surface area contributed by atoms with Gasteiger partial charge in [0.15, 0.2) is 0 Å². The molecule has 0 saturated carbocycles. The van der Waals surface area contributed by atoms with Gasteiger partial charge in [-0.2, -0.15) is 0 Å². The summed E-state index contributed by atoms with van der Waals surface area (Å²) in [5.41, 5.74) is 0. The molecule has 0 aromatic carbocycles. The van der Waals surface area contributed by atoms with Crippen LogP contribution in [0, 0.1) is 0 Å². The van der Waals surface area contributed by atoms with E-state index in [-0.39, 0.29) is 5.91 Å². The zero-order valence-corrected chi connectivity index (χ0v) is 11.9. The third kappa shape index (κ3) is 5.33. The molecule has 1 fully saturated rings. The van der Waals surface area contributed by atoms with Crippen molar-refractivity contribution in [3.05, 3.63) is 0 Å². The molecule has 1 heterocycles. The van der Waals surface area contributed by atoms with Crippen LogP contribution in [0.1, 0.15) is 20.3 Å². The fourth-order valence-corrected chi connectivity index (χ4v) is 2.10. The number of carbonyl (C=O) groups excluding carboxylic acids is 1. The fourth-order valence-electron chi connectivity index (χ4n) is 2.10. The molecule has 0 aromatic heterocycles. The number of rotatable bonds is 6. The molecule has 18 heavy (non-hydrogen) atoms. The SMILES string of the molecule is COCCN(CC(=O)N1CCCNCC1)C(C)C. The average Bonchev–Trinajstić information content (AvgIpc) is 2.62. The van der Waals surface area contributed by atoms with Gasteiger partial charge in [0.1, 0.15) is 0 Å². The molecule has 1 rings (SSSR count). The van der Waals surface area contributed by atoms with Gasteiger partial charge in [0.05, 0.1) is 13.2 Å². The Morgan fingerprint density at radius 3 is 2.83 bits per heavy atom. The monoisotopic (exact) mass is 257 g/mol. The first-order chi connectivity index (χ1) is 8.65. The van der Waals surface area contributed by atoms with Crippen LogP contribution in [0.4, 0.5) is 0 Å². The van der Waals surface area contributed by atoms with E-state index < -0.39 is 0 Å². The second-order valence-corrected chi connectivity index (χ2v) is 5.04. The lowest BCUT2D eigenvalue weighted by atomic mass is 10.3. The van der Waals surface area contributed by atoms with Crippen LogP contribution in [-0.2, 0) is 9.53 Å². The molecule has 0 aliphatic carbocycles. The zero-order chi connectivity index (χ0) is 13.4. The van der Waals surface area contributed by atoms with E-state index in [1.165, 1.54) is 0 Å². The molecule has 1 aliphatic rings. The number of amides is 1. The molecule has 5 nitrogen and oxygen atoms in total. The quantitative estimate of drug-likeness (QED) is 0.736. The molecule has 1 N–H and O–H groups in total. The summed E-state index contributed by atoms with van der Waals surface area (Å²) in [5.74, 6) is 0.239. The number of carbonyl (C=O) groups is 1. The first-order valence-corrected chi connectivity index (χ1v) is 6.86. The summed E-state index contributed by atoms with van der Waals surface area (Å²) in [4.78, 5) is 16.4. The topological polar surface area (TPSA) is 44.8 Å². The molecular weight excluding hydrogens is 230 g/mol. The molecule has 0 radical (unpaired) electrons. The third-order valence-corrected chi connectivity index (χ3v) is 3.34. The van der Waals surface area contributed by atoms with Gasteiger partial charge in [-0.1, -0.05) is 0 Å². The van der Waals surface area contributed by atoms with Gasteiger partial charge in [-0.05, 0) is 26.8 Å². The zero-order valence-electron chi connectivity index (χ0n) is 11.9. The van der Waals surface area contributed by atoms with E-state index in [0.29, 0.717) is 19.2 Å². The maximum Gasteiger partial charge on any atom is 0.236 e. The van der Waals surface area contributed by atoms with Crippen LogP contribution < -0.4 is 5.32 Å². The Labute approximate surface area is 110 Å². The Balaban J connectivity index is 2.43. The standard InChI is InChI=1S/C13H27N3O2/c1-12(2)16(9-10-18-3)11-13(17)15-7-4-5-14-6-8-15/h12,14H,4-11H2,1-3H3. The highest BCUT2D eigenvalue weighted by molar-refractivity contribution is 5.78. The first kappa shape index (κ1) is 15.4. The third-order valence-electron chi connectivity index (χ3n) is 3.34. The van der Waals surface area contributed by atoms with Gasteiger partial charge in [-0.25, -0.2) is 0 Å². The molecule has 5 heteroatoms. The van der Waals surface area contributed by atoms with Gasteiger partial charge in [0, 0.05) is 39.3 Å². The van der Waals surface area contributed by atoms with Crippen molar-refractivity contribution in [2.45, 2.75) is 26.3 Å². The molecule has 1 saturated heterocycles. The van der Waals surface area contributed by atoms with E-state index >= 15 is 0 Å². The van der Waals surface area contributed by atoms with Crippen molar-refractivity contribution in [2.24, 2.45) is 0 Å². The molecule has 106 valence electrons. The second kappa shape index (κ2) is 8.45. The minimum absolute atomic E-state index is 0.239. The van der Waals surface area contributed by atoms with Gasteiger partial charge in [0.25, 0.3) is 0 Å². The highest BCUT2D eigenvalue weighted by atomic mass is 16.5. The van der Waals surface area contributed by atoms with E-state index in [2.05, 4.69) is 24.1 Å². The van der Waals surface area contributed by atoms with Crippen molar-refractivity contribution in [1.29, 1.82) is 0 Å². The number of nitrogens with one attached hydrogen (secondary N) is 1. The molecule has 0 atom stereocenters. The Morgan fingerprint density at radius 2 is 2.17 bits per heavy atom. The Hall–Kier alpha value is -0.650. The van der Waals surface area contributed by atoms with Crippen molar-refractivity contribution in [2.75, 3.05) is 53.0 Å². The summed E-state index contributed by atoms with van der Waals surface area (Å²) in [6.45, 7) is 9.85. The van der Waals surface area contributed by atoms with Crippen LogP contribution in [-0.4, -0.2) is 74.7 Å². The summed E-state index contributed by atoms with van der Waals surface area (Å²) in [5, 5.41) is 3.31. The Bertz CT molecular complexity index is 238. The molecule has 0 aromatic rings. The average molecular weight is 257 g/mol. The Morgan fingerprint density at radius 1 is 1.39 bits per heavy atom. The van der Waals surface area contributed by atoms with Gasteiger partial charge >= 0.3 is 0 Å². The summed E-state index contributed by atoms with van der Waals surface area (Å²) in [6, 6.07) is 0.370. The second-order valence-electron chi connectivity index (χ2n) is 5.04. The van der Waals surface area contributed by atoms with Crippen LogP contribution in [0.5, 0.6) is 0 Å². The van der Waals surface area contributed by atoms with Gasteiger partial charge in [0.2, 0.25) is 5.91 Å². The largest absolute Gasteiger partial charge is 0.383 e. The van der Waals surface area contributed by atoms with Gasteiger partial charge in [-0.3, -0.25) is 9.69 Å². The molecule has 1 amide bonds. The lowest BCUT2D eigenvalue weighted by Gasteiger charge is -2.29. The minimum Gasteiger partial charge on any atom is -0.383 e. The van der Waals surface area contributed by atoms with Gasteiger partial charge in [-0.15, -0.1) is 0 Å². The minimum atomic E-state index is 0.239. The smallest absolute Gasteiger partial charge is 0.236 e. The maximum atomic E-state index is 12.2. The highest BCUT2D eigenvalue weighted by Gasteiger charge is 2.19. The van der Waals surface area contributed by atoms with Crippen LogP contribution >= 0.6 is 0 Å². The normalized spacial score (nSPS) is 17.3. The molecular formula is C13H27N3O2. The molecule has 0 unspecified atom stereocenters. The van der Waals surface area contributed by atoms with Crippen LogP contribution in [0.3, 0.4) is 0 Å². The van der Waals surface area contributed by atoms with Crippen LogP contribution in [0.2, 0.25) is 0 Å². The summed E-state index contributed by atoms with van der Waals surface area (Å²) in [6.07, 6.45) is 1.05. The molecule has 0 bridgehead atoms. The van der Waals surface area contributed by atoms with Gasteiger partial charge < -0.3 is 15.0 Å². The van der Waals surface area contributed by atoms with Crippen molar-refractivity contribution in [3.8, 4) is 0 Å². The summed E-state index contributed by atoms with van der Waals surface area (Å²) < 4.78 is 5.09. The summed E-state index contributed by atoms with van der Waals surface area (Å²) >= 11 is 0. The number of nitrogens with zero attached hydrogens (tertiary/aromatic N) is 2. The first-order valence-electron chi connectivity index (χ1n) is 6.86. The number of methoxy groups -OCH3 is 1. The number of ether oxygens (including phenoxy) is 1. The van der Waals surface area contributed by atoms with Crippen molar-refractivity contribution in [1.82, 2.24) is 15.1 Å². The number of hydrogen-bond donors (Lipinski definition) is 1. The highest BCUT2D eigenvalue weighted by Crippen LogP contribution is 2.02. The predicted octanol–water partition coefficient (Wildman–Crippen LogP) is 0.165. The van der Waals surface area contributed by atoms with Crippen molar-refractivity contribution < 1.29 is 9.53 Å². The maximum absolute atomic E-state index is 12.2. The fraction of sp³-hybridized carbons (Fsp3) is 0.923. The van der Waals surface area contributed by atoms with E-state index in [1.807, 2.05) is 4.90 Å². The summed E-state index contributed by atoms with van der Waals surface area (Å²) in [7, 11) is 1.70. The van der Waals surface area contributed by atoms with E-state index in [0.717, 1.165) is 39.1 Å². The van der Waals surface area contributed by atoms with E-state index in [1.54, 1.807) is 7.11 Å². The number of hydrogen-bond acceptors (Lipinski definition) is 4. The van der Waals surface area contributed by atoms with Crippen LogP contribution in [0.25, 0.3) is 0 Å². The molecule has 0 spiro atoms. The lowest BCUT2D eigenvalue weighted by molar-refractivity contribution is -0.132.